The zero-order chi connectivity index (χ0) is 16.8. The third-order valence-corrected chi connectivity index (χ3v) is 4.34. The van der Waals surface area contributed by atoms with Crippen molar-refractivity contribution in [1.82, 2.24) is 4.31 Å². The van der Waals surface area contributed by atoms with Gasteiger partial charge in [-0.25, -0.2) is 8.51 Å². The predicted molar refractivity (Wildman–Crippen MR) is 106 cm³/mol. The molecule has 0 heterocycles. The van der Waals surface area contributed by atoms with Crippen molar-refractivity contribution in [2.24, 2.45) is 0 Å². The minimum atomic E-state index is -1.53. The zero-order valence-corrected chi connectivity index (χ0v) is 16.7. The number of rotatable bonds is 7. The number of hydrogen-bond acceptors (Lipinski definition) is 6. The summed E-state index contributed by atoms with van der Waals surface area (Å²) in [6, 6.07) is 12.9. The highest BCUT2D eigenvalue weighted by Gasteiger charge is 2.09. The number of aryl methyl sites for hydroxylation is 2. The molecule has 0 aliphatic rings. The Bertz CT molecular complexity index is 679. The van der Waals surface area contributed by atoms with E-state index < -0.39 is 11.1 Å². The summed E-state index contributed by atoms with van der Waals surface area (Å²) < 4.78 is 24.9. The molecule has 0 fully saturated rings. The van der Waals surface area contributed by atoms with Crippen molar-refractivity contribution >= 4 is 42.5 Å². The number of nitrogens with one attached hydrogen (secondary N) is 1. The second kappa shape index (κ2) is 9.95. The van der Waals surface area contributed by atoms with Crippen LogP contribution in [0.3, 0.4) is 0 Å². The van der Waals surface area contributed by atoms with Crippen LogP contribution in [0, 0.1) is 13.8 Å². The topological polar surface area (TPSA) is 50.8 Å². The summed E-state index contributed by atoms with van der Waals surface area (Å²) in [5.74, 6) is 0.578. The van der Waals surface area contributed by atoms with E-state index >= 15 is 0 Å². The van der Waals surface area contributed by atoms with Crippen LogP contribution in [0.5, 0.6) is 5.75 Å². The maximum Gasteiger partial charge on any atom is 0.240 e. The maximum atomic E-state index is 12.2. The Morgan fingerprint density at radius 1 is 1.08 bits per heavy atom. The molecule has 1 unspecified atom stereocenters. The average Bonchev–Trinajstić information content (AvgIpc) is 2.50. The van der Waals surface area contributed by atoms with Crippen molar-refractivity contribution in [3.05, 3.63) is 53.6 Å². The monoisotopic (exact) mass is 386 g/mol. The molecule has 0 aromatic heterocycles. The first-order valence-corrected chi connectivity index (χ1v) is 8.77. The van der Waals surface area contributed by atoms with Gasteiger partial charge in [0.15, 0.2) is 0 Å². The molecule has 0 saturated heterocycles. The summed E-state index contributed by atoms with van der Waals surface area (Å²) in [6.45, 7) is 3.88. The molecule has 2 rings (SSSR count). The minimum Gasteiger partial charge on any atom is -0.397 e. The summed E-state index contributed by atoms with van der Waals surface area (Å²) in [5, 5.41) is 0. The smallest absolute Gasteiger partial charge is 0.240 e. The molecule has 132 valence electrons. The van der Waals surface area contributed by atoms with Crippen molar-refractivity contribution in [2.45, 2.75) is 18.7 Å². The molecule has 24 heavy (non-hydrogen) atoms. The molecule has 0 amide bonds. The molecular weight excluding hydrogens is 364 g/mol. The van der Waals surface area contributed by atoms with Gasteiger partial charge in [0.25, 0.3) is 0 Å². The molecule has 0 bridgehead atoms. The Hall–Kier alpha value is -1.19. The van der Waals surface area contributed by atoms with Crippen LogP contribution >= 0.6 is 25.7 Å². The zero-order valence-electron chi connectivity index (χ0n) is 14.0. The van der Waals surface area contributed by atoms with Gasteiger partial charge in [-0.05, 0) is 63.8 Å². The summed E-state index contributed by atoms with van der Waals surface area (Å²) in [4.78, 5) is 0.642. The Morgan fingerprint density at radius 2 is 1.75 bits per heavy atom. The summed E-state index contributed by atoms with van der Waals surface area (Å²) in [7, 11) is 3.77. The van der Waals surface area contributed by atoms with Crippen molar-refractivity contribution < 1.29 is 12.7 Å². The van der Waals surface area contributed by atoms with Crippen LogP contribution in [0.25, 0.3) is 0 Å². The van der Waals surface area contributed by atoms with Crippen molar-refractivity contribution in [3.8, 4) is 5.75 Å². The van der Waals surface area contributed by atoms with Crippen LogP contribution in [0.2, 0.25) is 0 Å². The number of hydrogen-bond donors (Lipinski definition) is 1. The third-order valence-electron chi connectivity index (χ3n) is 2.90. The van der Waals surface area contributed by atoms with E-state index in [2.05, 4.69) is 5.48 Å². The molecule has 0 spiro atoms. The van der Waals surface area contributed by atoms with Crippen LogP contribution in [-0.4, -0.2) is 22.6 Å². The second-order valence-corrected chi connectivity index (χ2v) is 7.34. The fourth-order valence-electron chi connectivity index (χ4n) is 1.73. The van der Waals surface area contributed by atoms with Gasteiger partial charge < -0.3 is 4.18 Å². The lowest BCUT2D eigenvalue weighted by molar-refractivity contribution is 0.447. The van der Waals surface area contributed by atoms with Gasteiger partial charge in [0, 0.05) is 0 Å². The molecule has 1 atom stereocenters. The number of anilines is 1. The molecule has 5 nitrogen and oxygen atoms in total. The Kier molecular flexibility index (Phi) is 8.65. The Balaban J connectivity index is 0.00000288. The van der Waals surface area contributed by atoms with Gasteiger partial charge in [0.05, 0.1) is 10.6 Å². The molecule has 2 aromatic carbocycles. The lowest BCUT2D eigenvalue weighted by atomic mass is 10.2. The summed E-state index contributed by atoms with van der Waals surface area (Å²) in [5.41, 5.74) is 5.61. The van der Waals surface area contributed by atoms with Gasteiger partial charge in [0.2, 0.25) is 11.1 Å². The maximum absolute atomic E-state index is 12.2. The van der Waals surface area contributed by atoms with Gasteiger partial charge in [-0.2, -0.15) is 17.8 Å². The van der Waals surface area contributed by atoms with Crippen LogP contribution in [0.4, 0.5) is 5.69 Å². The van der Waals surface area contributed by atoms with E-state index in [1.807, 2.05) is 68.6 Å². The van der Waals surface area contributed by atoms with E-state index in [4.69, 9.17) is 8.47 Å². The fraction of sp³-hybridized carbons (Fsp3) is 0.250. The van der Waals surface area contributed by atoms with E-state index in [0.717, 1.165) is 16.8 Å². The Labute approximate surface area is 157 Å². The van der Waals surface area contributed by atoms with Crippen LogP contribution < -0.4 is 9.66 Å². The first-order valence-electron chi connectivity index (χ1n) is 7.00. The first-order chi connectivity index (χ1) is 11.0. The van der Waals surface area contributed by atoms with Crippen LogP contribution in [0.15, 0.2) is 47.4 Å². The molecular formula is C16H22N2O3S3. The first kappa shape index (κ1) is 20.9. The molecule has 8 heteroatoms. The van der Waals surface area contributed by atoms with E-state index in [0.29, 0.717) is 10.6 Å². The van der Waals surface area contributed by atoms with Gasteiger partial charge in [-0.3, -0.25) is 5.48 Å². The van der Waals surface area contributed by atoms with Gasteiger partial charge in [-0.1, -0.05) is 17.7 Å². The largest absolute Gasteiger partial charge is 0.397 e. The lowest BCUT2D eigenvalue weighted by Crippen LogP contribution is -2.05. The molecule has 0 saturated carbocycles. The molecule has 1 N–H and O–H groups in total. The standard InChI is InChI=1S/C16H20N2O3S2.H2S/c1-12-5-8-15(9-6-12)23(19)20-16-10-7-14(11-13(16)2)17-21-22-18(3)4;/h5-11,17H,1-4H3;1H2. The summed E-state index contributed by atoms with van der Waals surface area (Å²) in [6.07, 6.45) is 0. The third kappa shape index (κ3) is 6.37. The second-order valence-electron chi connectivity index (χ2n) is 5.18. The highest BCUT2D eigenvalue weighted by molar-refractivity contribution is 7.92. The van der Waals surface area contributed by atoms with Gasteiger partial charge >= 0.3 is 0 Å². The Morgan fingerprint density at radius 3 is 2.33 bits per heavy atom. The lowest BCUT2D eigenvalue weighted by Gasteiger charge is -2.12. The minimum absolute atomic E-state index is 0. The van der Waals surface area contributed by atoms with Crippen molar-refractivity contribution in [1.29, 1.82) is 0 Å². The van der Waals surface area contributed by atoms with Gasteiger partial charge in [0.1, 0.15) is 18.0 Å². The van der Waals surface area contributed by atoms with Crippen molar-refractivity contribution in [3.63, 3.8) is 0 Å². The van der Waals surface area contributed by atoms with E-state index in [-0.39, 0.29) is 13.5 Å². The predicted octanol–water partition coefficient (Wildman–Crippen LogP) is 3.99. The highest BCUT2D eigenvalue weighted by Crippen LogP contribution is 2.25. The quantitative estimate of drug-likeness (QED) is 0.441. The molecule has 2 aromatic rings. The van der Waals surface area contributed by atoms with E-state index in [9.17, 15) is 4.21 Å². The summed E-state index contributed by atoms with van der Waals surface area (Å²) >= 11 is -0.346. The fourth-order valence-corrected chi connectivity index (χ4v) is 2.81. The highest BCUT2D eigenvalue weighted by atomic mass is 32.2. The van der Waals surface area contributed by atoms with E-state index in [1.165, 1.54) is 12.2 Å². The van der Waals surface area contributed by atoms with Crippen LogP contribution in [0.1, 0.15) is 11.1 Å². The van der Waals surface area contributed by atoms with Crippen LogP contribution in [-0.2, 0) is 15.4 Å². The van der Waals surface area contributed by atoms with E-state index in [1.54, 1.807) is 6.07 Å². The van der Waals surface area contributed by atoms with Gasteiger partial charge in [-0.15, -0.1) is 0 Å². The average molecular weight is 387 g/mol. The molecule has 0 aliphatic carbocycles. The number of nitrogens with zero attached hydrogens (tertiary/aromatic N) is 1. The molecule has 0 aliphatic heterocycles. The molecule has 0 radical (unpaired) electrons. The normalized spacial score (nSPS) is 11.7. The number of benzene rings is 2. The SMILES string of the molecule is Cc1ccc(S(=O)Oc2ccc(NOSN(C)C)cc2C)cc1.S. The van der Waals surface area contributed by atoms with Crippen molar-refractivity contribution in [2.75, 3.05) is 19.6 Å².